The number of nitrogens with zero attached hydrogens (tertiary/aromatic N) is 3. The first-order chi connectivity index (χ1) is 11.4. The molecule has 0 aliphatic carbocycles. The van der Waals surface area contributed by atoms with Crippen LogP contribution >= 0.6 is 11.3 Å². The molecule has 0 aromatic carbocycles. The van der Waals surface area contributed by atoms with Crippen LogP contribution in [0, 0.1) is 6.92 Å². The van der Waals surface area contributed by atoms with Gasteiger partial charge in [-0.05, 0) is 25.3 Å². The molecule has 2 aromatic rings. The molecule has 1 aliphatic heterocycles. The third kappa shape index (κ3) is 2.83. The standard InChI is InChI=1S/C16H19F2N3O2S/c1-3-6-20(8-10(17)18)16(23)13-9(2)12-14(24-13)19-11-5-4-7-21(11)15(12)22/h10H,3-8H2,1-2H3. The van der Waals surface area contributed by atoms with E-state index in [4.69, 9.17) is 0 Å². The Labute approximate surface area is 141 Å². The van der Waals surface area contributed by atoms with Crippen LogP contribution < -0.4 is 5.56 Å². The van der Waals surface area contributed by atoms with Gasteiger partial charge in [0.2, 0.25) is 0 Å². The van der Waals surface area contributed by atoms with Gasteiger partial charge in [-0.15, -0.1) is 11.3 Å². The summed E-state index contributed by atoms with van der Waals surface area (Å²) in [5.41, 5.74) is 0.422. The number of carbonyl (C=O) groups excluding carboxylic acids is 1. The van der Waals surface area contributed by atoms with Gasteiger partial charge >= 0.3 is 0 Å². The van der Waals surface area contributed by atoms with Crippen LogP contribution in [0.25, 0.3) is 10.2 Å². The number of carbonyl (C=O) groups is 1. The molecule has 5 nitrogen and oxygen atoms in total. The molecule has 0 N–H and O–H groups in total. The predicted octanol–water partition coefficient (Wildman–Crippen LogP) is 2.83. The molecule has 1 aliphatic rings. The first-order valence-corrected chi connectivity index (χ1v) is 8.86. The molecule has 0 radical (unpaired) electrons. The summed E-state index contributed by atoms with van der Waals surface area (Å²) < 4.78 is 27.2. The molecule has 130 valence electrons. The average molecular weight is 355 g/mol. The Morgan fingerprint density at radius 3 is 2.88 bits per heavy atom. The monoisotopic (exact) mass is 355 g/mol. The first kappa shape index (κ1) is 17.0. The Kier molecular flexibility index (Phi) is 4.67. The van der Waals surface area contributed by atoms with Crippen LogP contribution in [0.1, 0.15) is 40.8 Å². The van der Waals surface area contributed by atoms with E-state index in [9.17, 15) is 18.4 Å². The molecule has 0 bridgehead atoms. The van der Waals surface area contributed by atoms with Gasteiger partial charge in [0.05, 0.1) is 16.8 Å². The molecule has 0 saturated carbocycles. The van der Waals surface area contributed by atoms with Crippen molar-refractivity contribution in [3.63, 3.8) is 0 Å². The number of aryl methyl sites for hydroxylation is 2. The number of hydrogen-bond donors (Lipinski definition) is 0. The molecule has 0 atom stereocenters. The number of halogens is 2. The van der Waals surface area contributed by atoms with Crippen LogP contribution in [-0.4, -0.2) is 39.9 Å². The van der Waals surface area contributed by atoms with E-state index < -0.39 is 18.9 Å². The van der Waals surface area contributed by atoms with Crippen molar-refractivity contribution in [2.75, 3.05) is 13.1 Å². The highest BCUT2D eigenvalue weighted by molar-refractivity contribution is 7.20. The van der Waals surface area contributed by atoms with E-state index in [0.29, 0.717) is 33.6 Å². The summed E-state index contributed by atoms with van der Waals surface area (Å²) in [6.45, 7) is 3.84. The molecule has 0 unspecified atom stereocenters. The van der Waals surface area contributed by atoms with Gasteiger partial charge in [-0.2, -0.15) is 0 Å². The lowest BCUT2D eigenvalue weighted by molar-refractivity contribution is 0.0559. The molecule has 8 heteroatoms. The average Bonchev–Trinajstić information content (AvgIpc) is 3.11. The number of alkyl halides is 2. The number of thiophene rings is 1. The maximum atomic E-state index is 12.8. The van der Waals surface area contributed by atoms with Crippen molar-refractivity contribution < 1.29 is 13.6 Å². The second kappa shape index (κ2) is 6.58. The van der Waals surface area contributed by atoms with Gasteiger partial charge in [-0.3, -0.25) is 14.2 Å². The van der Waals surface area contributed by atoms with Crippen molar-refractivity contribution in [3.8, 4) is 0 Å². The maximum Gasteiger partial charge on any atom is 0.264 e. The zero-order valence-corrected chi connectivity index (χ0v) is 14.5. The van der Waals surface area contributed by atoms with Gasteiger partial charge < -0.3 is 4.90 Å². The van der Waals surface area contributed by atoms with E-state index in [1.54, 1.807) is 11.5 Å². The number of aromatic nitrogens is 2. The van der Waals surface area contributed by atoms with E-state index in [0.717, 1.165) is 34.9 Å². The van der Waals surface area contributed by atoms with Gasteiger partial charge in [0.1, 0.15) is 10.7 Å². The Balaban J connectivity index is 2.07. The zero-order valence-electron chi connectivity index (χ0n) is 13.6. The fourth-order valence-corrected chi connectivity index (χ4v) is 4.29. The quantitative estimate of drug-likeness (QED) is 0.829. The van der Waals surface area contributed by atoms with Gasteiger partial charge in [-0.1, -0.05) is 6.92 Å². The van der Waals surface area contributed by atoms with E-state index in [1.165, 1.54) is 0 Å². The van der Waals surface area contributed by atoms with Gasteiger partial charge in [0.15, 0.2) is 0 Å². The van der Waals surface area contributed by atoms with Crippen molar-refractivity contribution in [2.45, 2.75) is 46.1 Å². The minimum absolute atomic E-state index is 0.129. The maximum absolute atomic E-state index is 12.8. The number of fused-ring (bicyclic) bond motifs is 2. The summed E-state index contributed by atoms with van der Waals surface area (Å²) in [5, 5.41) is 0.447. The Morgan fingerprint density at radius 1 is 1.46 bits per heavy atom. The number of hydrogen-bond acceptors (Lipinski definition) is 4. The third-order valence-corrected chi connectivity index (χ3v) is 5.42. The van der Waals surface area contributed by atoms with Crippen LogP contribution in [0.2, 0.25) is 0 Å². The molecule has 3 heterocycles. The lowest BCUT2D eigenvalue weighted by atomic mass is 10.2. The largest absolute Gasteiger partial charge is 0.332 e. The SMILES string of the molecule is CCCN(CC(F)F)C(=O)c1sc2nc3n(c(=O)c2c1C)CCC3. The van der Waals surface area contributed by atoms with Crippen LogP contribution in [0.4, 0.5) is 8.78 Å². The van der Waals surface area contributed by atoms with Crippen molar-refractivity contribution in [1.29, 1.82) is 0 Å². The summed E-state index contributed by atoms with van der Waals surface area (Å²) in [6, 6.07) is 0. The van der Waals surface area contributed by atoms with Gasteiger partial charge in [0, 0.05) is 19.5 Å². The highest BCUT2D eigenvalue weighted by Gasteiger charge is 2.26. The fourth-order valence-electron chi connectivity index (χ4n) is 3.14. The van der Waals surface area contributed by atoms with Gasteiger partial charge in [0.25, 0.3) is 17.9 Å². The molecular formula is C16H19F2N3O2S. The minimum atomic E-state index is -2.58. The van der Waals surface area contributed by atoms with Crippen LogP contribution in [-0.2, 0) is 13.0 Å². The molecule has 2 aromatic heterocycles. The van der Waals surface area contributed by atoms with E-state index in [-0.39, 0.29) is 12.1 Å². The predicted molar refractivity (Wildman–Crippen MR) is 89.1 cm³/mol. The summed E-state index contributed by atoms with van der Waals surface area (Å²) in [5.74, 6) is 0.299. The van der Waals surface area contributed by atoms with Crippen molar-refractivity contribution in [3.05, 3.63) is 26.6 Å². The van der Waals surface area contributed by atoms with Crippen LogP contribution in [0.15, 0.2) is 4.79 Å². The molecule has 3 rings (SSSR count). The molecule has 1 amide bonds. The smallest absolute Gasteiger partial charge is 0.264 e. The van der Waals surface area contributed by atoms with Crippen molar-refractivity contribution in [1.82, 2.24) is 14.5 Å². The Bertz CT molecular complexity index is 844. The lowest BCUT2D eigenvalue weighted by Gasteiger charge is -2.21. The Hall–Kier alpha value is -1.83. The number of amides is 1. The minimum Gasteiger partial charge on any atom is -0.332 e. The van der Waals surface area contributed by atoms with Crippen molar-refractivity contribution in [2.24, 2.45) is 0 Å². The normalized spacial score (nSPS) is 13.7. The summed E-state index contributed by atoms with van der Waals surface area (Å²) in [7, 11) is 0. The highest BCUT2D eigenvalue weighted by atomic mass is 32.1. The number of rotatable bonds is 5. The molecule has 0 fully saturated rings. The molecular weight excluding hydrogens is 336 g/mol. The lowest BCUT2D eigenvalue weighted by Crippen LogP contribution is -2.35. The van der Waals surface area contributed by atoms with E-state index >= 15 is 0 Å². The first-order valence-electron chi connectivity index (χ1n) is 8.04. The molecule has 0 saturated heterocycles. The van der Waals surface area contributed by atoms with Gasteiger partial charge in [-0.25, -0.2) is 13.8 Å². The van der Waals surface area contributed by atoms with E-state index in [1.807, 2.05) is 6.92 Å². The second-order valence-electron chi connectivity index (χ2n) is 5.97. The third-order valence-electron chi connectivity index (χ3n) is 4.24. The summed E-state index contributed by atoms with van der Waals surface area (Å²) >= 11 is 1.13. The molecule has 0 spiro atoms. The highest BCUT2D eigenvalue weighted by Crippen LogP contribution is 2.29. The van der Waals surface area contributed by atoms with Crippen LogP contribution in [0.5, 0.6) is 0 Å². The summed E-state index contributed by atoms with van der Waals surface area (Å²) in [4.78, 5) is 31.9. The zero-order chi connectivity index (χ0) is 17.4. The van der Waals surface area contributed by atoms with Crippen LogP contribution in [0.3, 0.4) is 0 Å². The van der Waals surface area contributed by atoms with Crippen molar-refractivity contribution >= 4 is 27.5 Å². The summed E-state index contributed by atoms with van der Waals surface area (Å²) in [6.07, 6.45) is -0.345. The Morgan fingerprint density at radius 2 is 2.21 bits per heavy atom. The molecule has 24 heavy (non-hydrogen) atoms. The topological polar surface area (TPSA) is 55.2 Å². The van der Waals surface area contributed by atoms with E-state index in [2.05, 4.69) is 4.98 Å². The second-order valence-corrected chi connectivity index (χ2v) is 6.97. The fraction of sp³-hybridized carbons (Fsp3) is 0.562.